The molecule has 5 heteroatoms. The van der Waals surface area contributed by atoms with Crippen LogP contribution in [0, 0.1) is 0 Å². The topological polar surface area (TPSA) is 58.9 Å². The number of thioether (sulfide) groups is 1. The second-order valence-electron chi connectivity index (χ2n) is 5.13. The lowest BCUT2D eigenvalue weighted by Gasteiger charge is -2.03. The Balaban J connectivity index is 1.70. The van der Waals surface area contributed by atoms with Crippen LogP contribution in [0.25, 0.3) is 0 Å². The zero-order valence-corrected chi connectivity index (χ0v) is 14.0. The Hall–Kier alpha value is -3.05. The van der Waals surface area contributed by atoms with E-state index in [0.29, 0.717) is 21.7 Å². The fourth-order valence-electron chi connectivity index (χ4n) is 2.10. The van der Waals surface area contributed by atoms with Crippen LogP contribution in [0.5, 0.6) is 0 Å². The van der Waals surface area contributed by atoms with Crippen molar-refractivity contribution in [1.82, 2.24) is 0 Å². The van der Waals surface area contributed by atoms with Gasteiger partial charge in [0.1, 0.15) is 0 Å². The Bertz CT molecular complexity index is 906. The zero-order valence-electron chi connectivity index (χ0n) is 13.2. The predicted molar refractivity (Wildman–Crippen MR) is 99.1 cm³/mol. The van der Waals surface area contributed by atoms with Crippen molar-refractivity contribution in [2.45, 2.75) is 4.90 Å². The number of hydrogen-bond donors (Lipinski definition) is 0. The predicted octanol–water partition coefficient (Wildman–Crippen LogP) is 5.85. The maximum Gasteiger partial charge on any atom is 0.224 e. The zero-order chi connectivity index (χ0) is 17.5. The molecule has 3 aromatic carbocycles. The highest BCUT2D eigenvalue weighted by molar-refractivity contribution is 8.14. The van der Waals surface area contributed by atoms with Gasteiger partial charge in [0.25, 0.3) is 0 Å². The van der Waals surface area contributed by atoms with Crippen molar-refractivity contribution in [3.05, 3.63) is 90.0 Å². The Morgan fingerprint density at radius 2 is 1.36 bits per heavy atom. The number of hydrogen-bond acceptors (Lipinski definition) is 5. The van der Waals surface area contributed by atoms with Gasteiger partial charge in [0, 0.05) is 16.0 Å². The maximum atomic E-state index is 12.4. The van der Waals surface area contributed by atoms with Crippen LogP contribution >= 0.6 is 11.8 Å². The lowest BCUT2D eigenvalue weighted by molar-refractivity contribution is 0.108. The molecule has 0 bridgehead atoms. The molecule has 0 unspecified atom stereocenters. The van der Waals surface area contributed by atoms with E-state index in [2.05, 4.69) is 10.2 Å². The van der Waals surface area contributed by atoms with Gasteiger partial charge in [-0.3, -0.25) is 9.59 Å². The van der Waals surface area contributed by atoms with Gasteiger partial charge in [0.2, 0.25) is 5.12 Å². The molecule has 0 heterocycles. The Kier molecular flexibility index (Phi) is 5.49. The molecule has 3 rings (SSSR count). The Morgan fingerprint density at radius 1 is 0.760 bits per heavy atom. The molecular formula is C20H14N2O2S. The minimum Gasteiger partial charge on any atom is -0.298 e. The number of azo groups is 1. The van der Waals surface area contributed by atoms with E-state index in [1.807, 2.05) is 30.3 Å². The summed E-state index contributed by atoms with van der Waals surface area (Å²) in [4.78, 5) is 24.0. The summed E-state index contributed by atoms with van der Waals surface area (Å²) in [5.41, 5.74) is 2.49. The fraction of sp³-hybridized carbons (Fsp3) is 0. The summed E-state index contributed by atoms with van der Waals surface area (Å²) < 4.78 is 0. The smallest absolute Gasteiger partial charge is 0.224 e. The molecule has 0 atom stereocenters. The van der Waals surface area contributed by atoms with E-state index >= 15 is 0 Å². The lowest BCUT2D eigenvalue weighted by atomic mass is 10.2. The Morgan fingerprint density at radius 3 is 2.04 bits per heavy atom. The third kappa shape index (κ3) is 4.49. The van der Waals surface area contributed by atoms with Crippen molar-refractivity contribution in [3.8, 4) is 0 Å². The van der Waals surface area contributed by atoms with Crippen LogP contribution in [-0.4, -0.2) is 11.4 Å². The normalized spacial score (nSPS) is 10.7. The molecule has 0 fully saturated rings. The third-order valence-electron chi connectivity index (χ3n) is 3.39. The van der Waals surface area contributed by atoms with E-state index in [0.717, 1.165) is 23.7 Å². The highest BCUT2D eigenvalue weighted by Crippen LogP contribution is 2.26. The molecule has 0 saturated heterocycles. The first kappa shape index (κ1) is 16.8. The summed E-state index contributed by atoms with van der Waals surface area (Å²) in [5, 5.41) is 8.16. The molecule has 0 aromatic heterocycles. The van der Waals surface area contributed by atoms with E-state index in [-0.39, 0.29) is 5.12 Å². The second-order valence-corrected chi connectivity index (χ2v) is 6.14. The SMILES string of the molecule is O=Cc1ccccc1SC(=O)c1ccc(/N=N/c2ccccc2)cc1. The first-order valence-electron chi connectivity index (χ1n) is 7.59. The number of benzene rings is 3. The summed E-state index contributed by atoms with van der Waals surface area (Å²) in [5.74, 6) is 0. The van der Waals surface area contributed by atoms with Crippen LogP contribution < -0.4 is 0 Å². The minimum atomic E-state index is -0.124. The molecule has 0 saturated carbocycles. The molecule has 0 radical (unpaired) electrons. The van der Waals surface area contributed by atoms with Gasteiger partial charge < -0.3 is 0 Å². The number of carbonyl (C=O) groups is 2. The van der Waals surface area contributed by atoms with Crippen molar-refractivity contribution in [1.29, 1.82) is 0 Å². The monoisotopic (exact) mass is 346 g/mol. The van der Waals surface area contributed by atoms with Gasteiger partial charge in [0.05, 0.1) is 11.4 Å². The summed E-state index contributed by atoms with van der Waals surface area (Å²) in [6.07, 6.45) is 0.753. The largest absolute Gasteiger partial charge is 0.298 e. The highest BCUT2D eigenvalue weighted by Gasteiger charge is 2.10. The van der Waals surface area contributed by atoms with Crippen molar-refractivity contribution in [2.75, 3.05) is 0 Å². The number of aldehydes is 1. The first-order valence-corrected chi connectivity index (χ1v) is 8.41. The van der Waals surface area contributed by atoms with Crippen molar-refractivity contribution >= 4 is 34.5 Å². The summed E-state index contributed by atoms with van der Waals surface area (Å²) in [7, 11) is 0. The molecule has 0 amide bonds. The van der Waals surface area contributed by atoms with Crippen LogP contribution in [0.1, 0.15) is 20.7 Å². The van der Waals surface area contributed by atoms with Crippen LogP contribution in [0.15, 0.2) is 94.0 Å². The standard InChI is InChI=1S/C20H14N2O2S/c23-14-16-6-4-5-9-19(16)25-20(24)15-10-12-18(13-11-15)22-21-17-7-2-1-3-8-17/h1-14H/b22-21+. The van der Waals surface area contributed by atoms with Crippen molar-refractivity contribution < 1.29 is 9.59 Å². The molecule has 0 aliphatic rings. The molecule has 0 aliphatic heterocycles. The van der Waals surface area contributed by atoms with E-state index in [9.17, 15) is 9.59 Å². The average molecular weight is 346 g/mol. The minimum absolute atomic E-state index is 0.124. The van der Waals surface area contributed by atoms with Crippen LogP contribution in [0.4, 0.5) is 11.4 Å². The fourth-order valence-corrected chi connectivity index (χ4v) is 2.94. The quantitative estimate of drug-likeness (QED) is 0.331. The van der Waals surface area contributed by atoms with E-state index < -0.39 is 0 Å². The first-order chi connectivity index (χ1) is 12.3. The molecule has 3 aromatic rings. The molecule has 122 valence electrons. The highest BCUT2D eigenvalue weighted by atomic mass is 32.2. The van der Waals surface area contributed by atoms with Gasteiger partial charge in [-0.05, 0) is 54.2 Å². The third-order valence-corrected chi connectivity index (χ3v) is 4.40. The van der Waals surface area contributed by atoms with Gasteiger partial charge in [-0.15, -0.1) is 0 Å². The Labute approximate surface area is 149 Å². The summed E-state index contributed by atoms with van der Waals surface area (Å²) in [6.45, 7) is 0. The van der Waals surface area contributed by atoms with Crippen molar-refractivity contribution in [3.63, 3.8) is 0 Å². The molecule has 4 nitrogen and oxygen atoms in total. The number of carbonyl (C=O) groups excluding carboxylic acids is 2. The van der Waals surface area contributed by atoms with Crippen molar-refractivity contribution in [2.24, 2.45) is 10.2 Å². The average Bonchev–Trinajstić information content (AvgIpc) is 2.68. The van der Waals surface area contributed by atoms with Gasteiger partial charge in [0.15, 0.2) is 6.29 Å². The van der Waals surface area contributed by atoms with E-state index in [4.69, 9.17) is 0 Å². The molecule has 0 aliphatic carbocycles. The van der Waals surface area contributed by atoms with Crippen LogP contribution in [0.3, 0.4) is 0 Å². The van der Waals surface area contributed by atoms with Gasteiger partial charge in [-0.1, -0.05) is 36.4 Å². The van der Waals surface area contributed by atoms with Crippen LogP contribution in [0.2, 0.25) is 0 Å². The van der Waals surface area contributed by atoms with Gasteiger partial charge in [-0.2, -0.15) is 10.2 Å². The second kappa shape index (κ2) is 8.17. The van der Waals surface area contributed by atoms with E-state index in [1.165, 1.54) is 0 Å². The number of nitrogens with zero attached hydrogens (tertiary/aromatic N) is 2. The molecule has 0 N–H and O–H groups in total. The lowest BCUT2D eigenvalue weighted by Crippen LogP contribution is -1.94. The molecule has 25 heavy (non-hydrogen) atoms. The van der Waals surface area contributed by atoms with E-state index in [1.54, 1.807) is 48.5 Å². The van der Waals surface area contributed by atoms with Crippen LogP contribution in [-0.2, 0) is 0 Å². The summed E-state index contributed by atoms with van der Waals surface area (Å²) >= 11 is 1.04. The van der Waals surface area contributed by atoms with Gasteiger partial charge in [-0.25, -0.2) is 0 Å². The molecule has 0 spiro atoms. The maximum absolute atomic E-state index is 12.4. The number of rotatable bonds is 5. The van der Waals surface area contributed by atoms with Gasteiger partial charge >= 0.3 is 0 Å². The molecular weight excluding hydrogens is 332 g/mol. The summed E-state index contributed by atoms with van der Waals surface area (Å²) in [6, 6.07) is 23.3.